The highest BCUT2D eigenvalue weighted by atomic mass is 32.2. The average molecular weight is 391 g/mol. The van der Waals surface area contributed by atoms with Crippen LogP contribution in [0, 0.1) is 11.3 Å². The Morgan fingerprint density at radius 3 is 2.52 bits per heavy atom. The van der Waals surface area contributed by atoms with Crippen LogP contribution in [0.5, 0.6) is 0 Å². The van der Waals surface area contributed by atoms with Crippen molar-refractivity contribution in [2.75, 3.05) is 19.6 Å². The van der Waals surface area contributed by atoms with Gasteiger partial charge in [0.2, 0.25) is 15.9 Å². The Hall–Kier alpha value is -1.95. The molecule has 0 spiro atoms. The van der Waals surface area contributed by atoms with Crippen LogP contribution in [0.2, 0.25) is 0 Å². The molecule has 1 unspecified atom stereocenters. The Labute approximate surface area is 161 Å². The summed E-state index contributed by atoms with van der Waals surface area (Å²) in [5.41, 5.74) is 0.272. The molecule has 146 valence electrons. The van der Waals surface area contributed by atoms with Gasteiger partial charge in [-0.05, 0) is 51.3 Å². The van der Waals surface area contributed by atoms with Crippen molar-refractivity contribution < 1.29 is 13.2 Å². The molecule has 0 bridgehead atoms. The zero-order valence-electron chi connectivity index (χ0n) is 15.8. The van der Waals surface area contributed by atoms with Crippen LogP contribution in [0.1, 0.15) is 38.7 Å². The van der Waals surface area contributed by atoms with Gasteiger partial charge in [0.15, 0.2) is 0 Å². The fourth-order valence-corrected chi connectivity index (χ4v) is 5.15. The summed E-state index contributed by atoms with van der Waals surface area (Å²) in [5, 5.41) is 8.96. The third-order valence-corrected chi connectivity index (χ3v) is 6.95. The number of hydrogen-bond acceptors (Lipinski definition) is 5. The number of piperidine rings is 1. The summed E-state index contributed by atoms with van der Waals surface area (Å²) in [6.45, 7) is 6.85. The predicted molar refractivity (Wildman–Crippen MR) is 101 cm³/mol. The van der Waals surface area contributed by atoms with Crippen molar-refractivity contribution >= 4 is 15.9 Å². The third-order valence-electron chi connectivity index (χ3n) is 5.48. The lowest BCUT2D eigenvalue weighted by Crippen LogP contribution is -2.49. The fourth-order valence-electron chi connectivity index (χ4n) is 3.88. The number of nitriles is 1. The van der Waals surface area contributed by atoms with E-state index in [2.05, 4.69) is 23.5 Å². The van der Waals surface area contributed by atoms with E-state index in [4.69, 9.17) is 5.26 Å². The minimum atomic E-state index is -3.84. The van der Waals surface area contributed by atoms with Gasteiger partial charge >= 0.3 is 0 Å². The Morgan fingerprint density at radius 2 is 1.89 bits per heavy atom. The quantitative estimate of drug-likeness (QED) is 0.818. The second kappa shape index (κ2) is 7.97. The molecule has 1 aromatic carbocycles. The first-order valence-electron chi connectivity index (χ1n) is 9.39. The first-order chi connectivity index (χ1) is 12.8. The van der Waals surface area contributed by atoms with E-state index in [1.165, 1.54) is 18.2 Å². The number of hydrogen-bond donors (Lipinski definition) is 1. The molecule has 2 saturated heterocycles. The molecule has 7 nitrogen and oxygen atoms in total. The minimum absolute atomic E-state index is 0.0121. The Morgan fingerprint density at radius 1 is 1.19 bits per heavy atom. The summed E-state index contributed by atoms with van der Waals surface area (Å²) >= 11 is 0. The topological polar surface area (TPSA) is 93.5 Å². The van der Waals surface area contributed by atoms with Crippen molar-refractivity contribution in [2.45, 2.75) is 56.1 Å². The maximum Gasteiger partial charge on any atom is 0.241 e. The van der Waals surface area contributed by atoms with Gasteiger partial charge in [-0.15, -0.1) is 0 Å². The molecule has 1 aromatic rings. The summed E-state index contributed by atoms with van der Waals surface area (Å²) in [6.07, 6.45) is 2.32. The van der Waals surface area contributed by atoms with Gasteiger partial charge in [0, 0.05) is 31.7 Å². The molecule has 2 aliphatic rings. The molecule has 1 N–H and O–H groups in total. The van der Waals surface area contributed by atoms with E-state index in [1.54, 1.807) is 6.07 Å². The lowest BCUT2D eigenvalue weighted by Gasteiger charge is -2.38. The Bertz CT molecular complexity index is 839. The molecule has 0 aromatic heterocycles. The molecule has 27 heavy (non-hydrogen) atoms. The van der Waals surface area contributed by atoms with Crippen molar-refractivity contribution in [2.24, 2.45) is 0 Å². The lowest BCUT2D eigenvalue weighted by molar-refractivity contribution is -0.131. The van der Waals surface area contributed by atoms with Crippen molar-refractivity contribution in [3.8, 4) is 6.07 Å². The summed E-state index contributed by atoms with van der Waals surface area (Å²) < 4.78 is 27.7. The van der Waals surface area contributed by atoms with Gasteiger partial charge in [-0.2, -0.15) is 9.98 Å². The molecule has 2 fully saturated rings. The molecular formula is C19H26N4O3S. The Balaban J connectivity index is 1.64. The smallest absolute Gasteiger partial charge is 0.241 e. The normalized spacial score (nSPS) is 22.4. The monoisotopic (exact) mass is 390 g/mol. The number of nitrogens with one attached hydrogen (secondary N) is 1. The van der Waals surface area contributed by atoms with Crippen LogP contribution in [0.4, 0.5) is 0 Å². The second-order valence-corrected chi connectivity index (χ2v) is 9.21. The van der Waals surface area contributed by atoms with E-state index in [1.807, 2.05) is 11.0 Å². The summed E-state index contributed by atoms with van der Waals surface area (Å²) in [7, 11) is -3.84. The van der Waals surface area contributed by atoms with E-state index < -0.39 is 16.1 Å². The molecule has 2 aliphatic heterocycles. The maximum atomic E-state index is 12.8. The van der Waals surface area contributed by atoms with Gasteiger partial charge in [-0.3, -0.25) is 4.79 Å². The van der Waals surface area contributed by atoms with E-state index in [0.717, 1.165) is 25.9 Å². The summed E-state index contributed by atoms with van der Waals surface area (Å²) in [5.74, 6) is -0.141. The van der Waals surface area contributed by atoms with Crippen molar-refractivity contribution in [3.63, 3.8) is 0 Å². The van der Waals surface area contributed by atoms with Gasteiger partial charge < -0.3 is 9.80 Å². The zero-order valence-corrected chi connectivity index (χ0v) is 16.6. The molecule has 0 saturated carbocycles. The molecule has 3 rings (SSSR count). The lowest BCUT2D eigenvalue weighted by atomic mass is 10.0. The second-order valence-electron chi connectivity index (χ2n) is 7.49. The molecule has 1 amide bonds. The van der Waals surface area contributed by atoms with Crippen LogP contribution >= 0.6 is 0 Å². The molecule has 0 radical (unpaired) electrons. The van der Waals surface area contributed by atoms with E-state index >= 15 is 0 Å². The van der Waals surface area contributed by atoms with Crippen molar-refractivity contribution in [3.05, 3.63) is 29.8 Å². The van der Waals surface area contributed by atoms with E-state index in [0.29, 0.717) is 19.0 Å². The zero-order chi connectivity index (χ0) is 19.6. The highest BCUT2D eigenvalue weighted by Gasteiger charge is 2.39. The summed E-state index contributed by atoms with van der Waals surface area (Å²) in [4.78, 5) is 17.0. The Kier molecular flexibility index (Phi) is 5.84. The first-order valence-corrected chi connectivity index (χ1v) is 10.9. The van der Waals surface area contributed by atoms with Crippen LogP contribution in [0.25, 0.3) is 0 Å². The van der Waals surface area contributed by atoms with Crippen LogP contribution in [-0.4, -0.2) is 61.9 Å². The SMILES string of the molecule is CC(C)N1CCC(N2CCC(NS(=O)(=O)c3cccc(C#N)c3)C2=O)CC1. The first kappa shape index (κ1) is 19.8. The number of sulfonamides is 1. The van der Waals surface area contributed by atoms with Crippen molar-refractivity contribution in [1.82, 2.24) is 14.5 Å². The molecule has 1 atom stereocenters. The van der Waals surface area contributed by atoms with Gasteiger partial charge in [0.25, 0.3) is 0 Å². The van der Waals surface area contributed by atoms with Gasteiger partial charge in [0.05, 0.1) is 16.5 Å². The summed E-state index contributed by atoms with van der Waals surface area (Å²) in [6, 6.07) is 7.71. The van der Waals surface area contributed by atoms with Gasteiger partial charge in [-0.1, -0.05) is 6.07 Å². The highest BCUT2D eigenvalue weighted by Crippen LogP contribution is 2.24. The molecular weight excluding hydrogens is 364 g/mol. The van der Waals surface area contributed by atoms with Crippen LogP contribution in [0.15, 0.2) is 29.2 Å². The predicted octanol–water partition coefficient (Wildman–Crippen LogP) is 1.31. The van der Waals surface area contributed by atoms with Crippen LogP contribution in [-0.2, 0) is 14.8 Å². The number of likely N-dealkylation sites (tertiary alicyclic amines) is 2. The molecule has 0 aliphatic carbocycles. The van der Waals surface area contributed by atoms with Gasteiger partial charge in [-0.25, -0.2) is 8.42 Å². The largest absolute Gasteiger partial charge is 0.338 e. The number of carbonyl (C=O) groups is 1. The van der Waals surface area contributed by atoms with Crippen molar-refractivity contribution in [1.29, 1.82) is 5.26 Å². The van der Waals surface area contributed by atoms with Gasteiger partial charge in [0.1, 0.15) is 6.04 Å². The van der Waals surface area contributed by atoms with E-state index in [9.17, 15) is 13.2 Å². The third kappa shape index (κ3) is 4.32. The number of nitrogens with zero attached hydrogens (tertiary/aromatic N) is 3. The number of amides is 1. The molecule has 2 heterocycles. The van der Waals surface area contributed by atoms with Crippen LogP contribution < -0.4 is 4.72 Å². The van der Waals surface area contributed by atoms with Crippen LogP contribution in [0.3, 0.4) is 0 Å². The number of carbonyl (C=O) groups excluding carboxylic acids is 1. The molecule has 8 heteroatoms. The average Bonchev–Trinajstić information content (AvgIpc) is 3.01. The minimum Gasteiger partial charge on any atom is -0.338 e. The maximum absolute atomic E-state index is 12.8. The number of rotatable bonds is 5. The fraction of sp³-hybridized carbons (Fsp3) is 0.579. The highest BCUT2D eigenvalue weighted by molar-refractivity contribution is 7.89. The number of benzene rings is 1. The van der Waals surface area contributed by atoms with E-state index in [-0.39, 0.29) is 22.4 Å². The standard InChI is InChI=1S/C19H26N4O3S/c1-14(2)22-9-6-16(7-10-22)23-11-8-18(19(23)24)21-27(25,26)17-5-3-4-15(12-17)13-20/h3-5,12,14,16,18,21H,6-11H2,1-2H3.